The SMILES string of the molecule is CC(C)N1CC(C(=O)Nc2ccc(Oc3cc(-c4cnccn4)cn4nccc34)c(F)c2)C(=O)N(c2ccc(F)cc2)C1=O. The molecule has 222 valence electrons. The summed E-state index contributed by atoms with van der Waals surface area (Å²) in [6, 6.07) is 11.1. The van der Waals surface area contributed by atoms with Gasteiger partial charge in [0.1, 0.15) is 17.3 Å². The highest BCUT2D eigenvalue weighted by Crippen LogP contribution is 2.33. The van der Waals surface area contributed by atoms with Crippen molar-refractivity contribution in [2.45, 2.75) is 19.9 Å². The summed E-state index contributed by atoms with van der Waals surface area (Å²) >= 11 is 0. The normalized spacial score (nSPS) is 15.2. The number of halogens is 2. The second-order valence-electron chi connectivity index (χ2n) is 10.3. The van der Waals surface area contributed by atoms with Crippen LogP contribution in [0.5, 0.6) is 11.5 Å². The topological polar surface area (TPSA) is 122 Å². The molecule has 1 aliphatic heterocycles. The third-order valence-corrected chi connectivity index (χ3v) is 7.11. The van der Waals surface area contributed by atoms with Crippen molar-refractivity contribution in [2.75, 3.05) is 16.8 Å². The monoisotopic (exact) mass is 597 g/mol. The lowest BCUT2D eigenvalue weighted by atomic mass is 10.0. The maximum absolute atomic E-state index is 15.3. The van der Waals surface area contributed by atoms with E-state index < -0.39 is 35.4 Å². The van der Waals surface area contributed by atoms with E-state index in [0.29, 0.717) is 22.5 Å². The minimum Gasteiger partial charge on any atom is -0.452 e. The van der Waals surface area contributed by atoms with Gasteiger partial charge in [-0.3, -0.25) is 19.6 Å². The van der Waals surface area contributed by atoms with E-state index >= 15 is 4.39 Å². The van der Waals surface area contributed by atoms with E-state index in [2.05, 4.69) is 20.4 Å². The van der Waals surface area contributed by atoms with E-state index in [1.54, 1.807) is 61.5 Å². The minimum atomic E-state index is -1.29. The summed E-state index contributed by atoms with van der Waals surface area (Å²) < 4.78 is 36.3. The first kappa shape index (κ1) is 28.4. The molecule has 6 rings (SSSR count). The maximum Gasteiger partial charge on any atom is 0.331 e. The molecule has 1 N–H and O–H groups in total. The molecule has 0 aliphatic carbocycles. The van der Waals surface area contributed by atoms with Crippen LogP contribution in [0.1, 0.15) is 13.8 Å². The highest BCUT2D eigenvalue weighted by atomic mass is 19.1. The summed E-state index contributed by atoms with van der Waals surface area (Å²) in [6.45, 7) is 3.33. The fraction of sp³-hybridized carbons (Fsp3) is 0.161. The molecule has 13 heteroatoms. The van der Waals surface area contributed by atoms with Crippen LogP contribution in [-0.2, 0) is 9.59 Å². The Bertz CT molecular complexity index is 1880. The number of fused-ring (bicyclic) bond motifs is 1. The molecule has 1 atom stereocenters. The molecule has 0 saturated carbocycles. The Morgan fingerprint density at radius 3 is 2.50 bits per heavy atom. The first-order valence-electron chi connectivity index (χ1n) is 13.6. The Labute approximate surface area is 249 Å². The minimum absolute atomic E-state index is 0.0804. The number of aromatic nitrogens is 4. The highest BCUT2D eigenvalue weighted by Gasteiger charge is 2.44. The second kappa shape index (κ2) is 11.5. The van der Waals surface area contributed by atoms with Gasteiger partial charge in [0.05, 0.1) is 23.8 Å². The van der Waals surface area contributed by atoms with Crippen molar-refractivity contribution in [3.8, 4) is 22.8 Å². The Morgan fingerprint density at radius 1 is 1.00 bits per heavy atom. The van der Waals surface area contributed by atoms with Gasteiger partial charge in [0.2, 0.25) is 11.8 Å². The highest BCUT2D eigenvalue weighted by molar-refractivity contribution is 6.23. The quantitative estimate of drug-likeness (QED) is 0.253. The number of urea groups is 1. The van der Waals surface area contributed by atoms with Crippen LogP contribution in [0.3, 0.4) is 0 Å². The number of rotatable bonds is 7. The van der Waals surface area contributed by atoms with E-state index in [1.807, 2.05) is 0 Å². The summed E-state index contributed by atoms with van der Waals surface area (Å²) in [6.07, 6.45) is 8.01. The molecule has 4 heterocycles. The van der Waals surface area contributed by atoms with Crippen LogP contribution in [-0.4, -0.2) is 54.9 Å². The Kier molecular flexibility index (Phi) is 7.43. The molecule has 0 radical (unpaired) electrons. The van der Waals surface area contributed by atoms with Crippen LogP contribution < -0.4 is 15.0 Å². The number of hydrogen-bond acceptors (Lipinski definition) is 7. The van der Waals surface area contributed by atoms with Crippen molar-refractivity contribution < 1.29 is 27.9 Å². The number of carbonyl (C=O) groups is 3. The van der Waals surface area contributed by atoms with Gasteiger partial charge in [-0.2, -0.15) is 5.10 Å². The average molecular weight is 598 g/mol. The molecule has 0 spiro atoms. The first-order chi connectivity index (χ1) is 21.2. The van der Waals surface area contributed by atoms with Crippen LogP contribution >= 0.6 is 0 Å². The molecule has 5 aromatic rings. The average Bonchev–Trinajstić information content (AvgIpc) is 3.49. The lowest BCUT2D eigenvalue weighted by Gasteiger charge is -2.39. The number of amides is 4. The van der Waals surface area contributed by atoms with Gasteiger partial charge < -0.3 is 15.0 Å². The fourth-order valence-electron chi connectivity index (χ4n) is 4.86. The fourth-order valence-corrected chi connectivity index (χ4v) is 4.86. The maximum atomic E-state index is 15.3. The molecule has 11 nitrogen and oxygen atoms in total. The number of benzene rings is 2. The summed E-state index contributed by atoms with van der Waals surface area (Å²) in [4.78, 5) is 50.4. The molecule has 4 amide bonds. The van der Waals surface area contributed by atoms with Gasteiger partial charge in [-0.25, -0.2) is 23.0 Å². The molecule has 1 unspecified atom stereocenters. The van der Waals surface area contributed by atoms with Crippen molar-refractivity contribution >= 4 is 34.7 Å². The predicted molar refractivity (Wildman–Crippen MR) is 156 cm³/mol. The van der Waals surface area contributed by atoms with Crippen molar-refractivity contribution in [3.05, 3.63) is 97.2 Å². The number of imide groups is 1. The van der Waals surface area contributed by atoms with Gasteiger partial charge in [-0.05, 0) is 62.4 Å². The van der Waals surface area contributed by atoms with Crippen molar-refractivity contribution in [1.29, 1.82) is 0 Å². The van der Waals surface area contributed by atoms with Crippen LogP contribution in [0.2, 0.25) is 0 Å². The van der Waals surface area contributed by atoms with E-state index in [9.17, 15) is 18.8 Å². The molecule has 1 aliphatic rings. The standard InChI is InChI=1S/C31H25F2N7O4/c1-18(2)38-17-23(30(42)40(31(38)43)22-6-3-20(32)4-7-22)29(41)37-21-5-8-27(24(33)14-21)44-28-13-19(25-15-34-11-12-35-25)16-39-26(28)9-10-36-39/h3-16,18,23H,17H2,1-2H3,(H,37,41). The van der Waals surface area contributed by atoms with E-state index in [1.165, 1.54) is 29.2 Å². The van der Waals surface area contributed by atoms with Gasteiger partial charge in [-0.1, -0.05) is 0 Å². The molecule has 2 aromatic carbocycles. The smallest absolute Gasteiger partial charge is 0.331 e. The number of nitrogens with zero attached hydrogens (tertiary/aromatic N) is 6. The predicted octanol–water partition coefficient (Wildman–Crippen LogP) is 5.29. The van der Waals surface area contributed by atoms with Crippen LogP contribution in [0.25, 0.3) is 16.8 Å². The number of carbonyl (C=O) groups excluding carboxylic acids is 3. The zero-order valence-corrected chi connectivity index (χ0v) is 23.5. The third-order valence-electron chi connectivity index (χ3n) is 7.11. The summed E-state index contributed by atoms with van der Waals surface area (Å²) in [5.41, 5.74) is 2.01. The lowest BCUT2D eigenvalue weighted by molar-refractivity contribution is -0.132. The molecular weight excluding hydrogens is 572 g/mol. The number of pyridine rings is 1. The zero-order chi connectivity index (χ0) is 31.0. The lowest BCUT2D eigenvalue weighted by Crippen LogP contribution is -2.61. The molecule has 0 bridgehead atoms. The summed E-state index contributed by atoms with van der Waals surface area (Å²) in [5, 5.41) is 6.83. The number of ether oxygens (including phenoxy) is 1. The molecular formula is C31H25F2N7O4. The number of nitrogens with one attached hydrogen (secondary N) is 1. The first-order valence-corrected chi connectivity index (χ1v) is 13.6. The Balaban J connectivity index is 1.23. The Hall–Kier alpha value is -5.72. The van der Waals surface area contributed by atoms with Crippen LogP contribution in [0.4, 0.5) is 25.0 Å². The van der Waals surface area contributed by atoms with Crippen molar-refractivity contribution in [1.82, 2.24) is 24.5 Å². The van der Waals surface area contributed by atoms with E-state index in [-0.39, 0.29) is 29.7 Å². The van der Waals surface area contributed by atoms with Gasteiger partial charge in [0.25, 0.3) is 0 Å². The second-order valence-corrected chi connectivity index (χ2v) is 10.3. The molecule has 1 fully saturated rings. The van der Waals surface area contributed by atoms with E-state index in [0.717, 1.165) is 23.1 Å². The molecule has 3 aromatic heterocycles. The van der Waals surface area contributed by atoms with E-state index in [4.69, 9.17) is 4.74 Å². The van der Waals surface area contributed by atoms with Crippen LogP contribution in [0, 0.1) is 17.6 Å². The van der Waals surface area contributed by atoms with Crippen LogP contribution in [0.15, 0.2) is 85.6 Å². The number of hydrogen-bond donors (Lipinski definition) is 1. The van der Waals surface area contributed by atoms with Gasteiger partial charge >= 0.3 is 6.03 Å². The Morgan fingerprint density at radius 2 is 1.80 bits per heavy atom. The summed E-state index contributed by atoms with van der Waals surface area (Å²) in [7, 11) is 0. The van der Waals surface area contributed by atoms with Gasteiger partial charge in [-0.15, -0.1) is 0 Å². The molecule has 44 heavy (non-hydrogen) atoms. The number of anilines is 2. The zero-order valence-electron chi connectivity index (χ0n) is 23.5. The molecule has 1 saturated heterocycles. The van der Waals surface area contributed by atoms with Crippen molar-refractivity contribution in [3.63, 3.8) is 0 Å². The summed E-state index contributed by atoms with van der Waals surface area (Å²) in [5.74, 6) is -3.91. The van der Waals surface area contributed by atoms with Gasteiger partial charge in [0, 0.05) is 48.5 Å². The van der Waals surface area contributed by atoms with Gasteiger partial charge in [0.15, 0.2) is 17.3 Å². The largest absolute Gasteiger partial charge is 0.452 e. The third kappa shape index (κ3) is 5.42. The van der Waals surface area contributed by atoms with Crippen molar-refractivity contribution in [2.24, 2.45) is 5.92 Å².